The predicted molar refractivity (Wildman–Crippen MR) is 90.8 cm³/mol. The lowest BCUT2D eigenvalue weighted by molar-refractivity contribution is 0.567. The van der Waals surface area contributed by atoms with Crippen molar-refractivity contribution in [2.24, 2.45) is 5.92 Å². The lowest BCUT2D eigenvalue weighted by Gasteiger charge is -2.32. The van der Waals surface area contributed by atoms with Gasteiger partial charge in [0.2, 0.25) is 0 Å². The zero-order chi connectivity index (χ0) is 15.1. The van der Waals surface area contributed by atoms with Gasteiger partial charge in [-0.2, -0.15) is 0 Å². The Hall–Kier alpha value is -0.730. The van der Waals surface area contributed by atoms with Gasteiger partial charge in [0.25, 0.3) is 0 Å². The van der Waals surface area contributed by atoms with Gasteiger partial charge in [-0.05, 0) is 56.5 Å². The Morgan fingerprint density at radius 1 is 1.20 bits per heavy atom. The molecule has 0 aliphatic rings. The standard InChI is InChI=1S/C17H29ClN2/c1-6-9-19-11-15-10-16(18)7-8-17(15)20(14(4)5)12-13(2)3/h7-8,10,13-14,19H,6,9,11-12H2,1-5H3. The number of hydrogen-bond donors (Lipinski definition) is 1. The third kappa shape index (κ3) is 5.34. The Morgan fingerprint density at radius 2 is 1.90 bits per heavy atom. The van der Waals surface area contributed by atoms with Crippen molar-refractivity contribution in [3.05, 3.63) is 28.8 Å². The molecule has 1 rings (SSSR count). The Balaban J connectivity index is 2.99. The van der Waals surface area contributed by atoms with Gasteiger partial charge in [0, 0.05) is 29.8 Å². The van der Waals surface area contributed by atoms with Gasteiger partial charge >= 0.3 is 0 Å². The fraction of sp³-hybridized carbons (Fsp3) is 0.647. The van der Waals surface area contributed by atoms with Crippen LogP contribution in [0.5, 0.6) is 0 Å². The summed E-state index contributed by atoms with van der Waals surface area (Å²) in [5, 5.41) is 4.30. The first-order valence-electron chi connectivity index (χ1n) is 7.71. The maximum absolute atomic E-state index is 6.17. The van der Waals surface area contributed by atoms with Crippen molar-refractivity contribution in [3.8, 4) is 0 Å². The molecule has 1 aromatic carbocycles. The van der Waals surface area contributed by atoms with E-state index in [1.54, 1.807) is 0 Å². The molecule has 0 amide bonds. The highest BCUT2D eigenvalue weighted by molar-refractivity contribution is 6.30. The second-order valence-corrected chi connectivity index (χ2v) is 6.53. The van der Waals surface area contributed by atoms with Gasteiger partial charge in [-0.3, -0.25) is 0 Å². The largest absolute Gasteiger partial charge is 0.369 e. The summed E-state index contributed by atoms with van der Waals surface area (Å²) in [4.78, 5) is 2.48. The summed E-state index contributed by atoms with van der Waals surface area (Å²) in [7, 11) is 0. The smallest absolute Gasteiger partial charge is 0.0415 e. The van der Waals surface area contributed by atoms with Crippen LogP contribution in [0.2, 0.25) is 5.02 Å². The van der Waals surface area contributed by atoms with Crippen LogP contribution in [0.3, 0.4) is 0 Å². The molecule has 3 heteroatoms. The van der Waals surface area contributed by atoms with E-state index in [4.69, 9.17) is 11.6 Å². The second-order valence-electron chi connectivity index (χ2n) is 6.09. The molecule has 0 aliphatic heterocycles. The maximum Gasteiger partial charge on any atom is 0.0415 e. The molecule has 1 aromatic rings. The summed E-state index contributed by atoms with van der Waals surface area (Å²) in [5.74, 6) is 0.643. The van der Waals surface area contributed by atoms with Crippen molar-refractivity contribution >= 4 is 17.3 Å². The molecule has 1 N–H and O–H groups in total. The quantitative estimate of drug-likeness (QED) is 0.699. The van der Waals surface area contributed by atoms with Gasteiger partial charge in [-0.15, -0.1) is 0 Å². The third-order valence-electron chi connectivity index (χ3n) is 3.28. The van der Waals surface area contributed by atoms with Crippen molar-refractivity contribution in [2.45, 2.75) is 53.6 Å². The highest BCUT2D eigenvalue weighted by atomic mass is 35.5. The Kier molecular flexibility index (Phi) is 7.39. The monoisotopic (exact) mass is 296 g/mol. The fourth-order valence-corrected chi connectivity index (χ4v) is 2.55. The molecule has 0 atom stereocenters. The van der Waals surface area contributed by atoms with Crippen LogP contribution < -0.4 is 10.2 Å². The van der Waals surface area contributed by atoms with E-state index in [9.17, 15) is 0 Å². The summed E-state index contributed by atoms with van der Waals surface area (Å²) in [6.07, 6.45) is 1.15. The van der Waals surface area contributed by atoms with Crippen molar-refractivity contribution in [3.63, 3.8) is 0 Å². The van der Waals surface area contributed by atoms with E-state index < -0.39 is 0 Å². The summed E-state index contributed by atoms with van der Waals surface area (Å²) >= 11 is 6.17. The molecule has 0 saturated heterocycles. The Morgan fingerprint density at radius 3 is 2.45 bits per heavy atom. The Bertz CT molecular complexity index is 402. The van der Waals surface area contributed by atoms with Gasteiger partial charge in [0.05, 0.1) is 0 Å². The normalized spacial score (nSPS) is 11.4. The number of benzene rings is 1. The van der Waals surface area contributed by atoms with Gasteiger partial charge in [-0.1, -0.05) is 32.4 Å². The fourth-order valence-electron chi connectivity index (χ4n) is 2.36. The SMILES string of the molecule is CCCNCc1cc(Cl)ccc1N(CC(C)C)C(C)C. The highest BCUT2D eigenvalue weighted by Crippen LogP contribution is 2.27. The number of nitrogens with zero attached hydrogens (tertiary/aromatic N) is 1. The predicted octanol–water partition coefficient (Wildman–Crippen LogP) is 4.71. The van der Waals surface area contributed by atoms with Crippen LogP contribution in [-0.2, 0) is 6.54 Å². The highest BCUT2D eigenvalue weighted by Gasteiger charge is 2.15. The number of hydrogen-bond acceptors (Lipinski definition) is 2. The average molecular weight is 297 g/mol. The minimum absolute atomic E-state index is 0.489. The van der Waals surface area contributed by atoms with Crippen molar-refractivity contribution in [1.29, 1.82) is 0 Å². The molecule has 0 aliphatic carbocycles. The van der Waals surface area contributed by atoms with Crippen LogP contribution in [0, 0.1) is 5.92 Å². The minimum Gasteiger partial charge on any atom is -0.369 e. The zero-order valence-corrected chi connectivity index (χ0v) is 14.3. The van der Waals surface area contributed by atoms with Crippen molar-refractivity contribution in [1.82, 2.24) is 5.32 Å². The Labute approximate surface area is 129 Å². The van der Waals surface area contributed by atoms with Gasteiger partial charge in [0.15, 0.2) is 0 Å². The maximum atomic E-state index is 6.17. The molecule has 2 nitrogen and oxygen atoms in total. The van der Waals surface area contributed by atoms with Gasteiger partial charge < -0.3 is 10.2 Å². The zero-order valence-electron chi connectivity index (χ0n) is 13.5. The van der Waals surface area contributed by atoms with Crippen LogP contribution in [0.4, 0.5) is 5.69 Å². The van der Waals surface area contributed by atoms with Crippen LogP contribution in [0.1, 0.15) is 46.6 Å². The molecule has 114 valence electrons. The van der Waals surface area contributed by atoms with Crippen LogP contribution in [0.15, 0.2) is 18.2 Å². The molecule has 0 saturated carbocycles. The van der Waals surface area contributed by atoms with E-state index in [-0.39, 0.29) is 0 Å². The van der Waals surface area contributed by atoms with E-state index in [1.165, 1.54) is 11.3 Å². The van der Waals surface area contributed by atoms with Crippen LogP contribution in [-0.4, -0.2) is 19.1 Å². The molecule has 0 bridgehead atoms. The van der Waals surface area contributed by atoms with E-state index in [0.717, 1.165) is 31.1 Å². The summed E-state index contributed by atoms with van der Waals surface area (Å²) in [6.45, 7) is 14.2. The van der Waals surface area contributed by atoms with Crippen molar-refractivity contribution < 1.29 is 0 Å². The van der Waals surface area contributed by atoms with Crippen molar-refractivity contribution in [2.75, 3.05) is 18.0 Å². The average Bonchev–Trinajstić information content (AvgIpc) is 2.36. The molecule has 0 unspecified atom stereocenters. The number of halogens is 1. The molecular weight excluding hydrogens is 268 g/mol. The molecule has 0 radical (unpaired) electrons. The summed E-state index contributed by atoms with van der Waals surface area (Å²) in [5.41, 5.74) is 2.60. The first-order valence-corrected chi connectivity index (χ1v) is 8.09. The molecule has 0 aromatic heterocycles. The lowest BCUT2D eigenvalue weighted by atomic mass is 10.1. The third-order valence-corrected chi connectivity index (χ3v) is 3.51. The van der Waals surface area contributed by atoms with Gasteiger partial charge in [-0.25, -0.2) is 0 Å². The lowest BCUT2D eigenvalue weighted by Crippen LogP contribution is -2.35. The number of anilines is 1. The van der Waals surface area contributed by atoms with E-state index in [1.807, 2.05) is 6.07 Å². The molecule has 0 heterocycles. The van der Waals surface area contributed by atoms with Gasteiger partial charge in [0.1, 0.15) is 0 Å². The number of nitrogens with one attached hydrogen (secondary N) is 1. The molecular formula is C17H29ClN2. The topological polar surface area (TPSA) is 15.3 Å². The van der Waals surface area contributed by atoms with E-state index in [0.29, 0.717) is 12.0 Å². The second kappa shape index (κ2) is 8.53. The molecule has 20 heavy (non-hydrogen) atoms. The molecule has 0 spiro atoms. The van der Waals surface area contributed by atoms with E-state index in [2.05, 4.69) is 57.0 Å². The molecule has 0 fully saturated rings. The first kappa shape index (κ1) is 17.3. The summed E-state index contributed by atoms with van der Waals surface area (Å²) in [6, 6.07) is 6.74. The van der Waals surface area contributed by atoms with Crippen LogP contribution in [0.25, 0.3) is 0 Å². The van der Waals surface area contributed by atoms with E-state index >= 15 is 0 Å². The minimum atomic E-state index is 0.489. The summed E-state index contributed by atoms with van der Waals surface area (Å²) < 4.78 is 0. The van der Waals surface area contributed by atoms with Crippen LogP contribution >= 0.6 is 11.6 Å². The first-order chi connectivity index (χ1) is 9.45. The number of rotatable bonds is 8.